The second kappa shape index (κ2) is 6.08. The Hall–Kier alpha value is -2.89. The summed E-state index contributed by atoms with van der Waals surface area (Å²) in [5, 5.41) is 5.37. The quantitative estimate of drug-likeness (QED) is 0.915. The molecule has 0 aliphatic carbocycles. The molecule has 1 atom stereocenters. The lowest BCUT2D eigenvalue weighted by atomic mass is 10.1. The number of benzene rings is 2. The average molecular weight is 314 g/mol. The molecule has 0 radical (unpaired) electrons. The molecular weight excluding hydrogens is 299 g/mol. The molecule has 1 heterocycles. The van der Waals surface area contributed by atoms with Crippen LogP contribution < -0.4 is 15.4 Å². The normalized spacial score (nSPS) is 16.1. The van der Waals surface area contributed by atoms with Crippen LogP contribution in [-0.2, 0) is 9.59 Å². The fourth-order valence-electron chi connectivity index (χ4n) is 2.36. The van der Waals surface area contributed by atoms with Crippen molar-refractivity contribution in [1.82, 2.24) is 0 Å². The van der Waals surface area contributed by atoms with Crippen molar-refractivity contribution in [2.45, 2.75) is 19.4 Å². The van der Waals surface area contributed by atoms with Crippen molar-refractivity contribution in [3.8, 4) is 5.75 Å². The zero-order chi connectivity index (χ0) is 16.4. The second-order valence-electron chi connectivity index (χ2n) is 5.30. The van der Waals surface area contributed by atoms with Crippen molar-refractivity contribution in [2.24, 2.45) is 0 Å². The van der Waals surface area contributed by atoms with E-state index in [2.05, 4.69) is 10.6 Å². The van der Waals surface area contributed by atoms with Crippen LogP contribution in [0.2, 0.25) is 0 Å². The number of hydrogen-bond acceptors (Lipinski definition) is 3. The minimum absolute atomic E-state index is 0.128. The zero-order valence-corrected chi connectivity index (χ0v) is 12.4. The minimum Gasteiger partial charge on any atom is -0.478 e. The number of carbonyl (C=O) groups excluding carboxylic acids is 2. The van der Waals surface area contributed by atoms with Gasteiger partial charge < -0.3 is 15.4 Å². The third-order valence-corrected chi connectivity index (χ3v) is 3.54. The highest BCUT2D eigenvalue weighted by Gasteiger charge is 2.29. The lowest BCUT2D eigenvalue weighted by molar-refractivity contribution is -0.128. The number of hydrogen-bond donors (Lipinski definition) is 2. The maximum atomic E-state index is 13.1. The van der Waals surface area contributed by atoms with Crippen molar-refractivity contribution >= 4 is 23.2 Å². The van der Waals surface area contributed by atoms with Gasteiger partial charge in [0.05, 0.1) is 12.1 Å². The van der Waals surface area contributed by atoms with E-state index in [1.54, 1.807) is 31.2 Å². The highest BCUT2D eigenvalue weighted by Crippen LogP contribution is 2.29. The number of halogens is 1. The van der Waals surface area contributed by atoms with E-state index in [0.717, 1.165) is 0 Å². The summed E-state index contributed by atoms with van der Waals surface area (Å²) in [4.78, 5) is 24.1. The summed E-state index contributed by atoms with van der Waals surface area (Å²) in [5.74, 6) is -0.580. The Morgan fingerprint density at radius 2 is 2.09 bits per heavy atom. The van der Waals surface area contributed by atoms with Crippen LogP contribution in [0.25, 0.3) is 0 Å². The van der Waals surface area contributed by atoms with Gasteiger partial charge in [0.15, 0.2) is 6.10 Å². The Labute approximate surface area is 132 Å². The summed E-state index contributed by atoms with van der Waals surface area (Å²) in [6, 6.07) is 11.1. The predicted octanol–water partition coefficient (Wildman–Crippen LogP) is 2.86. The van der Waals surface area contributed by atoms with Crippen LogP contribution in [-0.4, -0.2) is 17.9 Å². The predicted molar refractivity (Wildman–Crippen MR) is 83.9 cm³/mol. The van der Waals surface area contributed by atoms with Crippen molar-refractivity contribution < 1.29 is 18.7 Å². The first-order chi connectivity index (χ1) is 11.0. The number of aryl methyl sites for hydroxylation is 1. The summed E-state index contributed by atoms with van der Waals surface area (Å²) < 4.78 is 18.6. The summed E-state index contributed by atoms with van der Waals surface area (Å²) in [6.45, 7) is 1.69. The highest BCUT2D eigenvalue weighted by atomic mass is 19.1. The van der Waals surface area contributed by atoms with Crippen LogP contribution in [0.3, 0.4) is 0 Å². The van der Waals surface area contributed by atoms with Crippen LogP contribution in [0.4, 0.5) is 15.8 Å². The molecule has 3 rings (SSSR count). The Morgan fingerprint density at radius 3 is 2.87 bits per heavy atom. The number of para-hydroxylation sites is 2. The molecule has 1 aliphatic heterocycles. The Kier molecular flexibility index (Phi) is 3.97. The van der Waals surface area contributed by atoms with Gasteiger partial charge in [0.2, 0.25) is 5.91 Å². The van der Waals surface area contributed by atoms with Crippen LogP contribution in [0.1, 0.15) is 12.0 Å². The first-order valence-corrected chi connectivity index (χ1v) is 7.15. The molecule has 0 aromatic heterocycles. The van der Waals surface area contributed by atoms with E-state index >= 15 is 0 Å². The van der Waals surface area contributed by atoms with Gasteiger partial charge in [-0.25, -0.2) is 4.39 Å². The lowest BCUT2D eigenvalue weighted by Gasteiger charge is -2.25. The molecule has 0 spiro atoms. The number of rotatable bonds is 3. The molecule has 2 amide bonds. The number of fused-ring (bicyclic) bond motifs is 1. The van der Waals surface area contributed by atoms with Gasteiger partial charge >= 0.3 is 0 Å². The average Bonchev–Trinajstić information content (AvgIpc) is 2.51. The van der Waals surface area contributed by atoms with E-state index in [-0.39, 0.29) is 24.1 Å². The van der Waals surface area contributed by atoms with Gasteiger partial charge in [-0.15, -0.1) is 0 Å². The molecule has 118 valence electrons. The molecule has 23 heavy (non-hydrogen) atoms. The largest absolute Gasteiger partial charge is 0.478 e. The summed E-state index contributed by atoms with van der Waals surface area (Å²) >= 11 is 0. The van der Waals surface area contributed by atoms with Crippen LogP contribution in [0, 0.1) is 12.7 Å². The Bertz CT molecular complexity index is 776. The van der Waals surface area contributed by atoms with E-state index in [4.69, 9.17) is 4.74 Å². The van der Waals surface area contributed by atoms with E-state index in [0.29, 0.717) is 22.7 Å². The molecule has 1 aliphatic rings. The van der Waals surface area contributed by atoms with Crippen molar-refractivity contribution in [1.29, 1.82) is 0 Å². The fourth-order valence-corrected chi connectivity index (χ4v) is 2.36. The van der Waals surface area contributed by atoms with Crippen molar-refractivity contribution in [3.05, 3.63) is 53.8 Å². The molecule has 6 heteroatoms. The van der Waals surface area contributed by atoms with Gasteiger partial charge in [-0.05, 0) is 42.8 Å². The van der Waals surface area contributed by atoms with E-state index in [1.165, 1.54) is 18.2 Å². The summed E-state index contributed by atoms with van der Waals surface area (Å²) in [7, 11) is 0. The van der Waals surface area contributed by atoms with Crippen LogP contribution in [0.15, 0.2) is 42.5 Å². The molecule has 2 aromatic carbocycles. The molecule has 2 aromatic rings. The molecule has 0 saturated carbocycles. The standard InChI is InChI=1S/C17H15FN2O3/c1-10-8-11(18)6-7-12(10)19-16(21)9-15-17(22)20-13-4-2-3-5-14(13)23-15/h2-8,15H,9H2,1H3,(H,19,21)(H,20,22)/t15-/m1/s1. The maximum absolute atomic E-state index is 13.1. The maximum Gasteiger partial charge on any atom is 0.266 e. The number of anilines is 2. The minimum atomic E-state index is -0.898. The van der Waals surface area contributed by atoms with Gasteiger partial charge in [-0.2, -0.15) is 0 Å². The molecule has 2 N–H and O–H groups in total. The summed E-state index contributed by atoms with van der Waals surface area (Å²) in [5.41, 5.74) is 1.70. The first kappa shape index (κ1) is 15.0. The molecule has 0 fully saturated rings. The topological polar surface area (TPSA) is 67.4 Å². The number of carbonyl (C=O) groups is 2. The van der Waals surface area contributed by atoms with Gasteiger partial charge in [0.25, 0.3) is 5.91 Å². The molecule has 5 nitrogen and oxygen atoms in total. The van der Waals surface area contributed by atoms with Gasteiger partial charge in [0.1, 0.15) is 11.6 Å². The Balaban J connectivity index is 1.67. The van der Waals surface area contributed by atoms with Crippen LogP contribution >= 0.6 is 0 Å². The number of amides is 2. The van der Waals surface area contributed by atoms with Gasteiger partial charge in [-0.3, -0.25) is 9.59 Å². The number of ether oxygens (including phenoxy) is 1. The van der Waals surface area contributed by atoms with Crippen molar-refractivity contribution in [3.63, 3.8) is 0 Å². The van der Waals surface area contributed by atoms with Crippen LogP contribution in [0.5, 0.6) is 5.75 Å². The monoisotopic (exact) mass is 314 g/mol. The third-order valence-electron chi connectivity index (χ3n) is 3.54. The number of nitrogens with one attached hydrogen (secondary N) is 2. The zero-order valence-electron chi connectivity index (χ0n) is 12.4. The molecule has 0 unspecified atom stereocenters. The van der Waals surface area contributed by atoms with E-state index in [1.807, 2.05) is 0 Å². The second-order valence-corrected chi connectivity index (χ2v) is 5.30. The lowest BCUT2D eigenvalue weighted by Crippen LogP contribution is -2.39. The third kappa shape index (κ3) is 3.31. The van der Waals surface area contributed by atoms with E-state index < -0.39 is 6.10 Å². The highest BCUT2D eigenvalue weighted by molar-refractivity contribution is 6.02. The Morgan fingerprint density at radius 1 is 1.30 bits per heavy atom. The molecular formula is C17H15FN2O3. The van der Waals surface area contributed by atoms with Gasteiger partial charge in [-0.1, -0.05) is 12.1 Å². The fraction of sp³-hybridized carbons (Fsp3) is 0.176. The smallest absolute Gasteiger partial charge is 0.266 e. The van der Waals surface area contributed by atoms with Gasteiger partial charge in [0, 0.05) is 5.69 Å². The molecule has 0 bridgehead atoms. The first-order valence-electron chi connectivity index (χ1n) is 7.15. The molecule has 0 saturated heterocycles. The SMILES string of the molecule is Cc1cc(F)ccc1NC(=O)C[C@H]1Oc2ccccc2NC1=O. The summed E-state index contributed by atoms with van der Waals surface area (Å²) in [6.07, 6.45) is -1.03. The van der Waals surface area contributed by atoms with E-state index in [9.17, 15) is 14.0 Å². The van der Waals surface area contributed by atoms with Crippen molar-refractivity contribution in [2.75, 3.05) is 10.6 Å².